The van der Waals surface area contributed by atoms with Crippen LogP contribution in [-0.2, 0) is 0 Å². The van der Waals surface area contributed by atoms with Gasteiger partial charge in [-0.2, -0.15) is 10.1 Å². The molecule has 76 valence electrons. The summed E-state index contributed by atoms with van der Waals surface area (Å²) in [5.41, 5.74) is 0.351. The fraction of sp³-hybridized carbons (Fsp3) is 0. The fourth-order valence-corrected chi connectivity index (χ4v) is 1.52. The van der Waals surface area contributed by atoms with E-state index >= 15 is 0 Å². The number of benzene rings is 1. The van der Waals surface area contributed by atoms with Crippen molar-refractivity contribution in [2.24, 2.45) is 0 Å². The van der Waals surface area contributed by atoms with Crippen LogP contribution in [0.2, 0.25) is 5.02 Å². The Morgan fingerprint density at radius 1 is 1.40 bits per heavy atom. The van der Waals surface area contributed by atoms with Gasteiger partial charge < -0.3 is 0 Å². The molecule has 0 atom stereocenters. The Morgan fingerprint density at radius 3 is 2.87 bits per heavy atom. The lowest BCUT2D eigenvalue weighted by atomic mass is 10.3. The Labute approximate surface area is 98.7 Å². The van der Waals surface area contributed by atoms with E-state index in [4.69, 9.17) is 11.6 Å². The lowest BCUT2D eigenvalue weighted by Gasteiger charge is -2.03. The molecule has 4 nitrogen and oxygen atoms in total. The Balaban J connectivity index is 2.55. The molecule has 0 aliphatic carbocycles. The largest absolute Gasteiger partial charge is 0.306 e. The van der Waals surface area contributed by atoms with Gasteiger partial charge in [0.05, 0.1) is 5.69 Å². The highest BCUT2D eigenvalue weighted by molar-refractivity contribution is 9.10. The molecule has 1 heterocycles. The molecule has 0 N–H and O–H groups in total. The number of hydrogen-bond acceptors (Lipinski definition) is 3. The van der Waals surface area contributed by atoms with Gasteiger partial charge in [-0.05, 0) is 34.1 Å². The van der Waals surface area contributed by atoms with Crippen molar-refractivity contribution >= 4 is 27.5 Å². The summed E-state index contributed by atoms with van der Waals surface area (Å²) in [4.78, 5) is 14.6. The van der Waals surface area contributed by atoms with E-state index in [9.17, 15) is 4.79 Å². The summed E-state index contributed by atoms with van der Waals surface area (Å²) in [5, 5.41) is 4.58. The number of rotatable bonds is 1. The first-order valence-corrected chi connectivity index (χ1v) is 5.21. The van der Waals surface area contributed by atoms with Crippen LogP contribution in [0.4, 0.5) is 0 Å². The molecule has 0 saturated carbocycles. The van der Waals surface area contributed by atoms with Crippen LogP contribution >= 0.6 is 27.5 Å². The summed E-state index contributed by atoms with van der Waals surface area (Å²) in [6.45, 7) is 0. The number of nitrogens with zero attached hydrogens (tertiary/aromatic N) is 3. The van der Waals surface area contributed by atoms with Crippen LogP contribution in [0.15, 0.2) is 40.0 Å². The molecule has 0 amide bonds. The molecule has 0 saturated heterocycles. The SMILES string of the molecule is O=c1ncn(-c2cccc(Cl)c2)nc1Br. The van der Waals surface area contributed by atoms with Crippen LogP contribution in [0.25, 0.3) is 5.69 Å². The zero-order valence-corrected chi connectivity index (χ0v) is 9.73. The van der Waals surface area contributed by atoms with E-state index in [0.29, 0.717) is 5.02 Å². The van der Waals surface area contributed by atoms with Gasteiger partial charge in [-0.15, -0.1) is 0 Å². The second kappa shape index (κ2) is 4.12. The first-order valence-electron chi connectivity index (χ1n) is 4.04. The van der Waals surface area contributed by atoms with E-state index in [0.717, 1.165) is 5.69 Å². The van der Waals surface area contributed by atoms with Crippen LogP contribution in [0.3, 0.4) is 0 Å². The molecule has 2 aromatic rings. The van der Waals surface area contributed by atoms with Gasteiger partial charge in [0.15, 0.2) is 4.60 Å². The summed E-state index contributed by atoms with van der Waals surface area (Å²) in [6, 6.07) is 7.10. The highest BCUT2D eigenvalue weighted by atomic mass is 79.9. The standard InChI is InChI=1S/C9H5BrClN3O/c10-8-9(15)12-5-14(13-8)7-3-1-2-6(11)4-7/h1-5H. The van der Waals surface area contributed by atoms with Gasteiger partial charge >= 0.3 is 5.56 Å². The minimum atomic E-state index is -0.395. The average molecular weight is 287 g/mol. The third-order valence-electron chi connectivity index (χ3n) is 1.73. The monoisotopic (exact) mass is 285 g/mol. The first-order chi connectivity index (χ1) is 7.16. The molecule has 0 radical (unpaired) electrons. The fourth-order valence-electron chi connectivity index (χ4n) is 1.07. The lowest BCUT2D eigenvalue weighted by molar-refractivity contribution is 0.777. The van der Waals surface area contributed by atoms with Crippen LogP contribution in [0.5, 0.6) is 0 Å². The van der Waals surface area contributed by atoms with Gasteiger partial charge in [0.2, 0.25) is 0 Å². The number of aromatic nitrogens is 3. The van der Waals surface area contributed by atoms with Crippen molar-refractivity contribution in [1.82, 2.24) is 14.8 Å². The van der Waals surface area contributed by atoms with Gasteiger partial charge in [-0.3, -0.25) is 4.79 Å². The maximum atomic E-state index is 11.0. The molecule has 0 aliphatic rings. The zero-order valence-electron chi connectivity index (χ0n) is 7.39. The van der Waals surface area contributed by atoms with Crippen molar-refractivity contribution in [3.63, 3.8) is 0 Å². The van der Waals surface area contributed by atoms with E-state index in [1.165, 1.54) is 11.0 Å². The second-order valence-electron chi connectivity index (χ2n) is 2.76. The lowest BCUT2D eigenvalue weighted by Crippen LogP contribution is -2.14. The van der Waals surface area contributed by atoms with Crippen molar-refractivity contribution in [2.45, 2.75) is 0 Å². The van der Waals surface area contributed by atoms with Crippen LogP contribution in [0, 0.1) is 0 Å². The molecule has 1 aromatic heterocycles. The molecule has 0 fully saturated rings. The van der Waals surface area contributed by atoms with Gasteiger partial charge in [-0.1, -0.05) is 17.7 Å². The molecule has 0 bridgehead atoms. The van der Waals surface area contributed by atoms with Crippen LogP contribution < -0.4 is 5.56 Å². The topological polar surface area (TPSA) is 47.8 Å². The third-order valence-corrected chi connectivity index (χ3v) is 2.46. The Morgan fingerprint density at radius 2 is 2.20 bits per heavy atom. The normalized spacial score (nSPS) is 10.3. The molecular formula is C9H5BrClN3O. The van der Waals surface area contributed by atoms with Crippen molar-refractivity contribution in [3.05, 3.63) is 50.6 Å². The predicted octanol–water partition coefficient (Wildman–Crippen LogP) is 2.04. The number of halogens is 2. The van der Waals surface area contributed by atoms with Crippen LogP contribution in [-0.4, -0.2) is 14.8 Å². The quantitative estimate of drug-likeness (QED) is 0.806. The molecular weight excluding hydrogens is 281 g/mol. The zero-order chi connectivity index (χ0) is 10.8. The molecule has 6 heteroatoms. The highest BCUT2D eigenvalue weighted by Gasteiger charge is 2.01. The van der Waals surface area contributed by atoms with Gasteiger partial charge in [-0.25, -0.2) is 4.68 Å². The first kappa shape index (κ1) is 10.3. The molecule has 2 rings (SSSR count). The van der Waals surface area contributed by atoms with E-state index in [1.807, 2.05) is 6.07 Å². The Bertz CT molecular complexity index is 555. The summed E-state index contributed by atoms with van der Waals surface area (Å²) in [6.07, 6.45) is 1.35. The molecule has 0 aliphatic heterocycles. The smallest absolute Gasteiger partial charge is 0.264 e. The van der Waals surface area contributed by atoms with Crippen LogP contribution in [0.1, 0.15) is 0 Å². The summed E-state index contributed by atoms with van der Waals surface area (Å²) < 4.78 is 1.64. The molecule has 0 unspecified atom stereocenters. The predicted molar refractivity (Wildman–Crippen MR) is 60.3 cm³/mol. The summed E-state index contributed by atoms with van der Waals surface area (Å²) in [7, 11) is 0. The maximum Gasteiger partial charge on any atom is 0.306 e. The molecule has 0 spiro atoms. The van der Waals surface area contributed by atoms with Gasteiger partial charge in [0.1, 0.15) is 6.33 Å². The van der Waals surface area contributed by atoms with Gasteiger partial charge in [0, 0.05) is 5.02 Å². The van der Waals surface area contributed by atoms with Gasteiger partial charge in [0.25, 0.3) is 0 Å². The summed E-state index contributed by atoms with van der Waals surface area (Å²) in [5.74, 6) is 0. The van der Waals surface area contributed by atoms with Crippen molar-refractivity contribution in [1.29, 1.82) is 0 Å². The number of hydrogen-bond donors (Lipinski definition) is 0. The maximum absolute atomic E-state index is 11.0. The highest BCUT2D eigenvalue weighted by Crippen LogP contribution is 2.13. The van der Waals surface area contributed by atoms with E-state index in [-0.39, 0.29) is 4.60 Å². The van der Waals surface area contributed by atoms with Crippen molar-refractivity contribution in [2.75, 3.05) is 0 Å². The van der Waals surface area contributed by atoms with E-state index < -0.39 is 5.56 Å². The van der Waals surface area contributed by atoms with E-state index in [2.05, 4.69) is 26.0 Å². The third kappa shape index (κ3) is 2.24. The Hall–Kier alpha value is -1.20. The summed E-state index contributed by atoms with van der Waals surface area (Å²) >= 11 is 8.85. The molecule has 15 heavy (non-hydrogen) atoms. The van der Waals surface area contributed by atoms with Crippen molar-refractivity contribution < 1.29 is 0 Å². The van der Waals surface area contributed by atoms with E-state index in [1.54, 1.807) is 18.2 Å². The second-order valence-corrected chi connectivity index (χ2v) is 3.95. The van der Waals surface area contributed by atoms with Crippen molar-refractivity contribution in [3.8, 4) is 5.69 Å². The average Bonchev–Trinajstić information content (AvgIpc) is 2.22. The minimum Gasteiger partial charge on any atom is -0.264 e. The molecule has 1 aromatic carbocycles. The minimum absolute atomic E-state index is 0.171. The Kier molecular flexibility index (Phi) is 2.83.